The second kappa shape index (κ2) is 7.95. The third-order valence-electron chi connectivity index (χ3n) is 4.62. The molecule has 0 bridgehead atoms. The lowest BCUT2D eigenvalue weighted by Gasteiger charge is -2.28. The van der Waals surface area contributed by atoms with Crippen LogP contribution < -0.4 is 16.0 Å². The molecule has 1 aliphatic rings. The van der Waals surface area contributed by atoms with Gasteiger partial charge in [-0.1, -0.05) is 12.1 Å². The van der Waals surface area contributed by atoms with Gasteiger partial charge in [-0.25, -0.2) is 4.98 Å². The van der Waals surface area contributed by atoms with E-state index in [1.807, 2.05) is 18.2 Å². The van der Waals surface area contributed by atoms with Crippen LogP contribution in [-0.2, 0) is 16.1 Å². The fourth-order valence-electron chi connectivity index (χ4n) is 3.09. The van der Waals surface area contributed by atoms with Gasteiger partial charge >= 0.3 is 0 Å². The molecule has 7 nitrogen and oxygen atoms in total. The van der Waals surface area contributed by atoms with Crippen LogP contribution in [0.1, 0.15) is 15.4 Å². The molecule has 0 aliphatic carbocycles. The molecule has 1 aromatic heterocycles. The number of carbonyl (C=O) groups is 2. The van der Waals surface area contributed by atoms with Gasteiger partial charge in [0.15, 0.2) is 5.01 Å². The Kier molecular flexibility index (Phi) is 5.23. The van der Waals surface area contributed by atoms with Crippen molar-refractivity contribution in [3.8, 4) is 0 Å². The van der Waals surface area contributed by atoms with E-state index < -0.39 is 11.7 Å². The number of ketones is 1. The molecular weight excluding hydrogens is 376 g/mol. The number of benzene rings is 2. The third-order valence-corrected chi connectivity index (χ3v) is 5.63. The first-order valence-corrected chi connectivity index (χ1v) is 9.82. The van der Waals surface area contributed by atoms with Gasteiger partial charge in [0.25, 0.3) is 11.7 Å². The van der Waals surface area contributed by atoms with Crippen LogP contribution in [0, 0.1) is 0 Å². The van der Waals surface area contributed by atoms with Crippen LogP contribution in [0.4, 0.5) is 11.4 Å². The Morgan fingerprint density at radius 1 is 1.14 bits per heavy atom. The van der Waals surface area contributed by atoms with Gasteiger partial charge < -0.3 is 20.7 Å². The standard InChI is InChI=1S/C20H20N4O3S/c21-19(26)18(25)20-23-16-6-3-14(11-17(16)28-20)22-12-13-1-4-15(5-2-13)24-7-9-27-10-8-24/h1-6,11,22H,7-10,12H2,(H2,21,26). The summed E-state index contributed by atoms with van der Waals surface area (Å²) in [5.41, 5.74) is 9.03. The molecular formula is C20H20N4O3S. The van der Waals surface area contributed by atoms with Gasteiger partial charge in [0.1, 0.15) is 0 Å². The molecule has 2 aromatic carbocycles. The molecule has 1 fully saturated rings. The van der Waals surface area contributed by atoms with Crippen LogP contribution in [0.3, 0.4) is 0 Å². The number of hydrogen-bond acceptors (Lipinski definition) is 7. The van der Waals surface area contributed by atoms with E-state index in [1.165, 1.54) is 22.6 Å². The monoisotopic (exact) mass is 396 g/mol. The average Bonchev–Trinajstić information content (AvgIpc) is 3.16. The molecule has 0 radical (unpaired) electrons. The van der Waals surface area contributed by atoms with Gasteiger partial charge in [-0.05, 0) is 35.9 Å². The highest BCUT2D eigenvalue weighted by molar-refractivity contribution is 7.21. The number of thiazole rings is 1. The Balaban J connectivity index is 1.42. The van der Waals surface area contributed by atoms with Crippen molar-refractivity contribution < 1.29 is 14.3 Å². The van der Waals surface area contributed by atoms with Crippen molar-refractivity contribution in [2.24, 2.45) is 5.73 Å². The quantitative estimate of drug-likeness (QED) is 0.491. The lowest BCUT2D eigenvalue weighted by molar-refractivity contribution is -0.114. The fourth-order valence-corrected chi connectivity index (χ4v) is 4.04. The number of morpholine rings is 1. The minimum atomic E-state index is -0.988. The maximum atomic E-state index is 11.7. The van der Waals surface area contributed by atoms with E-state index >= 15 is 0 Å². The van der Waals surface area contributed by atoms with Crippen LogP contribution >= 0.6 is 11.3 Å². The Hall–Kier alpha value is -2.97. The Labute approximate surface area is 166 Å². The van der Waals surface area contributed by atoms with Crippen LogP contribution in [0.5, 0.6) is 0 Å². The van der Waals surface area contributed by atoms with E-state index in [9.17, 15) is 9.59 Å². The molecule has 28 heavy (non-hydrogen) atoms. The molecule has 3 N–H and O–H groups in total. The first-order chi connectivity index (χ1) is 13.6. The SMILES string of the molecule is NC(=O)C(=O)c1nc2ccc(NCc3ccc(N4CCOCC4)cc3)cc2s1. The summed E-state index contributed by atoms with van der Waals surface area (Å²) in [5, 5.41) is 3.51. The number of amides is 1. The number of carbonyl (C=O) groups excluding carboxylic acids is 2. The molecule has 144 valence electrons. The molecule has 2 heterocycles. The van der Waals surface area contributed by atoms with E-state index in [1.54, 1.807) is 0 Å². The van der Waals surface area contributed by atoms with E-state index in [0.717, 1.165) is 36.7 Å². The maximum Gasteiger partial charge on any atom is 0.292 e. The summed E-state index contributed by atoms with van der Waals surface area (Å²) in [4.78, 5) is 29.2. The zero-order valence-corrected chi connectivity index (χ0v) is 16.0. The van der Waals surface area contributed by atoms with Gasteiger partial charge in [-0.3, -0.25) is 9.59 Å². The molecule has 1 aliphatic heterocycles. The number of anilines is 2. The molecule has 3 aromatic rings. The van der Waals surface area contributed by atoms with Gasteiger partial charge in [0.05, 0.1) is 23.4 Å². The number of aromatic nitrogens is 1. The largest absolute Gasteiger partial charge is 0.381 e. The van der Waals surface area contributed by atoms with Crippen LogP contribution in [0.15, 0.2) is 42.5 Å². The zero-order valence-electron chi connectivity index (χ0n) is 15.2. The number of fused-ring (bicyclic) bond motifs is 1. The maximum absolute atomic E-state index is 11.7. The summed E-state index contributed by atoms with van der Waals surface area (Å²) in [6.45, 7) is 4.08. The number of ether oxygens (including phenoxy) is 1. The topological polar surface area (TPSA) is 97.6 Å². The third kappa shape index (κ3) is 3.97. The van der Waals surface area contributed by atoms with Crippen LogP contribution in [0.2, 0.25) is 0 Å². The smallest absolute Gasteiger partial charge is 0.292 e. The van der Waals surface area contributed by atoms with E-state index in [0.29, 0.717) is 12.1 Å². The predicted molar refractivity (Wildman–Crippen MR) is 110 cm³/mol. The van der Waals surface area contributed by atoms with Crippen molar-refractivity contribution in [2.45, 2.75) is 6.54 Å². The number of primary amides is 1. The van der Waals surface area contributed by atoms with Gasteiger partial charge in [-0.15, -0.1) is 11.3 Å². The molecule has 0 unspecified atom stereocenters. The first-order valence-electron chi connectivity index (χ1n) is 9.00. The number of nitrogens with zero attached hydrogens (tertiary/aromatic N) is 2. The minimum absolute atomic E-state index is 0.123. The summed E-state index contributed by atoms with van der Waals surface area (Å²) in [7, 11) is 0. The van der Waals surface area contributed by atoms with Crippen molar-refractivity contribution in [3.05, 3.63) is 53.0 Å². The summed E-state index contributed by atoms with van der Waals surface area (Å²) < 4.78 is 6.22. The first kappa shape index (κ1) is 18.4. The molecule has 8 heteroatoms. The number of hydrogen-bond donors (Lipinski definition) is 2. The van der Waals surface area contributed by atoms with Gasteiger partial charge in [-0.2, -0.15) is 0 Å². The second-order valence-corrected chi connectivity index (χ2v) is 7.54. The molecule has 1 amide bonds. The average molecular weight is 396 g/mol. The molecule has 0 atom stereocenters. The van der Waals surface area contributed by atoms with Gasteiger partial charge in [0.2, 0.25) is 0 Å². The van der Waals surface area contributed by atoms with Crippen LogP contribution in [-0.4, -0.2) is 43.0 Å². The highest BCUT2D eigenvalue weighted by Crippen LogP contribution is 2.26. The summed E-state index contributed by atoms with van der Waals surface area (Å²) in [5.74, 6) is -1.74. The second-order valence-electron chi connectivity index (χ2n) is 6.51. The number of nitrogens with two attached hydrogens (primary N) is 1. The van der Waals surface area contributed by atoms with Crippen molar-refractivity contribution >= 4 is 44.6 Å². The lowest BCUT2D eigenvalue weighted by atomic mass is 10.2. The Morgan fingerprint density at radius 2 is 1.89 bits per heavy atom. The number of Topliss-reactive ketones (excluding diaryl/α,β-unsaturated/α-hetero) is 1. The van der Waals surface area contributed by atoms with Gasteiger partial charge in [0, 0.05) is 31.0 Å². The molecule has 0 spiro atoms. The van der Waals surface area contributed by atoms with Crippen molar-refractivity contribution in [1.29, 1.82) is 0 Å². The molecule has 1 saturated heterocycles. The fraction of sp³-hybridized carbons (Fsp3) is 0.250. The highest BCUT2D eigenvalue weighted by Gasteiger charge is 2.17. The zero-order chi connectivity index (χ0) is 19.5. The molecule has 4 rings (SSSR count). The summed E-state index contributed by atoms with van der Waals surface area (Å²) >= 11 is 1.17. The lowest BCUT2D eigenvalue weighted by Crippen LogP contribution is -2.36. The van der Waals surface area contributed by atoms with E-state index in [2.05, 4.69) is 39.5 Å². The number of rotatable bonds is 6. The van der Waals surface area contributed by atoms with E-state index in [4.69, 9.17) is 10.5 Å². The predicted octanol–water partition coefficient (Wildman–Crippen LogP) is 2.41. The normalized spacial score (nSPS) is 14.2. The van der Waals surface area contributed by atoms with Crippen molar-refractivity contribution in [3.63, 3.8) is 0 Å². The van der Waals surface area contributed by atoms with Crippen molar-refractivity contribution in [1.82, 2.24) is 4.98 Å². The van der Waals surface area contributed by atoms with E-state index in [-0.39, 0.29) is 5.01 Å². The Bertz CT molecular complexity index is 1010. The summed E-state index contributed by atoms with van der Waals surface area (Å²) in [6.07, 6.45) is 0. The molecule has 0 saturated carbocycles. The summed E-state index contributed by atoms with van der Waals surface area (Å²) in [6, 6.07) is 14.2. The van der Waals surface area contributed by atoms with Crippen LogP contribution in [0.25, 0.3) is 10.2 Å². The highest BCUT2D eigenvalue weighted by atomic mass is 32.1. The Morgan fingerprint density at radius 3 is 2.61 bits per heavy atom. The number of nitrogens with one attached hydrogen (secondary N) is 1. The minimum Gasteiger partial charge on any atom is -0.381 e. The van der Waals surface area contributed by atoms with Crippen molar-refractivity contribution in [2.75, 3.05) is 36.5 Å².